The lowest BCUT2D eigenvalue weighted by atomic mass is 10.2. The Balaban J connectivity index is 1.58. The summed E-state index contributed by atoms with van der Waals surface area (Å²) in [5.74, 6) is 0.572. The molecule has 0 fully saturated rings. The molecule has 0 aliphatic heterocycles. The maximum atomic E-state index is 12.1. The monoisotopic (exact) mass is 392 g/mol. The van der Waals surface area contributed by atoms with Crippen LogP contribution in [0.5, 0.6) is 11.5 Å². The molecule has 0 aliphatic carbocycles. The summed E-state index contributed by atoms with van der Waals surface area (Å²) in [6.07, 6.45) is 0. The lowest BCUT2D eigenvalue weighted by molar-refractivity contribution is -0.121. The molecule has 1 heterocycles. The molecular formula is C18H17ClN2O4S. The number of aromatic nitrogens is 1. The molecule has 1 aromatic heterocycles. The fourth-order valence-corrected chi connectivity index (χ4v) is 3.49. The third-order valence-electron chi connectivity index (χ3n) is 3.54. The Morgan fingerprint density at radius 1 is 1.19 bits per heavy atom. The average Bonchev–Trinajstić information content (AvgIpc) is 3.05. The molecule has 0 bridgehead atoms. The largest absolute Gasteiger partial charge is 0.495 e. The molecule has 8 heteroatoms. The lowest BCUT2D eigenvalue weighted by Crippen LogP contribution is -2.18. The number of amides is 1. The van der Waals surface area contributed by atoms with Crippen molar-refractivity contribution in [2.24, 2.45) is 0 Å². The van der Waals surface area contributed by atoms with Crippen LogP contribution in [0.25, 0.3) is 10.2 Å². The van der Waals surface area contributed by atoms with Crippen LogP contribution in [-0.2, 0) is 16.1 Å². The van der Waals surface area contributed by atoms with Crippen molar-refractivity contribution in [3.05, 3.63) is 46.4 Å². The van der Waals surface area contributed by atoms with Crippen LogP contribution in [-0.4, -0.2) is 31.7 Å². The standard InChI is InChI=1S/C18H17ClN2O4S/c1-23-14-8-13(15(24-2)7-11(14)19)20-17(22)9-25-10-18-21-12-5-3-4-6-16(12)26-18/h3-8H,9-10H2,1-2H3,(H,20,22). The van der Waals surface area contributed by atoms with E-state index in [9.17, 15) is 4.79 Å². The van der Waals surface area contributed by atoms with Crippen molar-refractivity contribution < 1.29 is 19.0 Å². The summed E-state index contributed by atoms with van der Waals surface area (Å²) >= 11 is 7.60. The lowest BCUT2D eigenvalue weighted by Gasteiger charge is -2.13. The first-order valence-electron chi connectivity index (χ1n) is 7.74. The van der Waals surface area contributed by atoms with Gasteiger partial charge >= 0.3 is 0 Å². The molecule has 3 aromatic rings. The van der Waals surface area contributed by atoms with Gasteiger partial charge in [0.15, 0.2) is 0 Å². The van der Waals surface area contributed by atoms with Gasteiger partial charge in [0, 0.05) is 12.1 Å². The average molecular weight is 393 g/mol. The first-order valence-corrected chi connectivity index (χ1v) is 8.93. The smallest absolute Gasteiger partial charge is 0.250 e. The number of thiazole rings is 1. The highest BCUT2D eigenvalue weighted by Crippen LogP contribution is 2.35. The number of nitrogens with one attached hydrogen (secondary N) is 1. The van der Waals surface area contributed by atoms with E-state index in [0.29, 0.717) is 22.2 Å². The van der Waals surface area contributed by atoms with Crippen molar-refractivity contribution in [1.82, 2.24) is 4.98 Å². The van der Waals surface area contributed by atoms with Gasteiger partial charge in [-0.05, 0) is 12.1 Å². The Bertz CT molecular complexity index is 896. The summed E-state index contributed by atoms with van der Waals surface area (Å²) in [6, 6.07) is 11.0. The SMILES string of the molecule is COc1cc(NC(=O)COCc2nc3ccccc3s2)c(OC)cc1Cl. The molecule has 0 atom stereocenters. The van der Waals surface area contributed by atoms with Crippen molar-refractivity contribution in [3.8, 4) is 11.5 Å². The number of carbonyl (C=O) groups is 1. The van der Waals surface area contributed by atoms with Crippen LogP contribution in [0.4, 0.5) is 5.69 Å². The molecule has 3 rings (SSSR count). The van der Waals surface area contributed by atoms with Gasteiger partial charge in [-0.15, -0.1) is 11.3 Å². The van der Waals surface area contributed by atoms with Crippen LogP contribution >= 0.6 is 22.9 Å². The molecule has 0 spiro atoms. The minimum Gasteiger partial charge on any atom is -0.495 e. The first kappa shape index (κ1) is 18.4. The van der Waals surface area contributed by atoms with Crippen LogP contribution in [0.3, 0.4) is 0 Å². The molecule has 1 amide bonds. The predicted molar refractivity (Wildman–Crippen MR) is 102 cm³/mol. The van der Waals surface area contributed by atoms with E-state index in [1.165, 1.54) is 14.2 Å². The molecular weight excluding hydrogens is 376 g/mol. The van der Waals surface area contributed by atoms with Gasteiger partial charge in [0.25, 0.3) is 0 Å². The van der Waals surface area contributed by atoms with Crippen LogP contribution in [0.1, 0.15) is 5.01 Å². The highest BCUT2D eigenvalue weighted by Gasteiger charge is 2.13. The van der Waals surface area contributed by atoms with Gasteiger partial charge in [-0.1, -0.05) is 23.7 Å². The number of carbonyl (C=O) groups excluding carboxylic acids is 1. The molecule has 0 unspecified atom stereocenters. The van der Waals surface area contributed by atoms with E-state index in [-0.39, 0.29) is 19.1 Å². The van der Waals surface area contributed by atoms with Crippen LogP contribution < -0.4 is 14.8 Å². The van der Waals surface area contributed by atoms with Gasteiger partial charge in [-0.3, -0.25) is 4.79 Å². The molecule has 136 valence electrons. The number of benzene rings is 2. The Hall–Kier alpha value is -2.35. The van der Waals surface area contributed by atoms with Gasteiger partial charge in [0.05, 0.1) is 41.8 Å². The summed E-state index contributed by atoms with van der Waals surface area (Å²) in [5.41, 5.74) is 1.39. The zero-order valence-electron chi connectivity index (χ0n) is 14.2. The molecule has 0 saturated carbocycles. The number of anilines is 1. The number of methoxy groups -OCH3 is 2. The van der Waals surface area contributed by atoms with E-state index in [1.54, 1.807) is 23.5 Å². The van der Waals surface area contributed by atoms with Crippen molar-refractivity contribution in [2.45, 2.75) is 6.61 Å². The molecule has 1 N–H and O–H groups in total. The number of nitrogens with zero attached hydrogens (tertiary/aromatic N) is 1. The number of rotatable bonds is 7. The Kier molecular flexibility index (Phi) is 5.92. The summed E-state index contributed by atoms with van der Waals surface area (Å²) in [5, 5.41) is 3.95. The second-order valence-electron chi connectivity index (χ2n) is 5.30. The van der Waals surface area contributed by atoms with Gasteiger partial charge in [0.2, 0.25) is 5.91 Å². The molecule has 0 saturated heterocycles. The van der Waals surface area contributed by atoms with Crippen LogP contribution in [0.2, 0.25) is 5.02 Å². The third kappa shape index (κ3) is 4.24. The summed E-state index contributed by atoms with van der Waals surface area (Å²) in [7, 11) is 3.00. The molecule has 0 aliphatic rings. The second-order valence-corrected chi connectivity index (χ2v) is 6.83. The highest BCUT2D eigenvalue weighted by molar-refractivity contribution is 7.18. The van der Waals surface area contributed by atoms with E-state index < -0.39 is 0 Å². The fraction of sp³-hybridized carbons (Fsp3) is 0.222. The zero-order chi connectivity index (χ0) is 18.5. The number of halogens is 1. The maximum Gasteiger partial charge on any atom is 0.250 e. The van der Waals surface area contributed by atoms with Gasteiger partial charge in [0.1, 0.15) is 23.1 Å². The quantitative estimate of drug-likeness (QED) is 0.654. The Labute approximate surface area is 159 Å². The second kappa shape index (κ2) is 8.35. The molecule has 0 radical (unpaired) electrons. The molecule has 6 nitrogen and oxygen atoms in total. The first-order chi connectivity index (χ1) is 12.6. The van der Waals surface area contributed by atoms with Crippen LogP contribution in [0, 0.1) is 0 Å². The Morgan fingerprint density at radius 3 is 2.69 bits per heavy atom. The van der Waals surface area contributed by atoms with E-state index in [0.717, 1.165) is 15.2 Å². The van der Waals surface area contributed by atoms with E-state index >= 15 is 0 Å². The number of hydrogen-bond acceptors (Lipinski definition) is 6. The molecule has 26 heavy (non-hydrogen) atoms. The van der Waals surface area contributed by atoms with Crippen molar-refractivity contribution in [1.29, 1.82) is 0 Å². The van der Waals surface area contributed by atoms with Gasteiger partial charge in [-0.2, -0.15) is 0 Å². The van der Waals surface area contributed by atoms with E-state index in [4.69, 9.17) is 25.8 Å². The minimum absolute atomic E-state index is 0.107. The van der Waals surface area contributed by atoms with Crippen molar-refractivity contribution in [3.63, 3.8) is 0 Å². The minimum atomic E-state index is -0.311. The van der Waals surface area contributed by atoms with Crippen molar-refractivity contribution >= 4 is 44.7 Å². The van der Waals surface area contributed by atoms with Crippen molar-refractivity contribution in [2.75, 3.05) is 26.1 Å². The van der Waals surface area contributed by atoms with E-state index in [2.05, 4.69) is 10.3 Å². The molecule has 2 aromatic carbocycles. The predicted octanol–water partition coefficient (Wildman–Crippen LogP) is 4.12. The maximum absolute atomic E-state index is 12.1. The normalized spacial score (nSPS) is 10.7. The van der Waals surface area contributed by atoms with Gasteiger partial charge < -0.3 is 19.5 Å². The number of hydrogen-bond donors (Lipinski definition) is 1. The van der Waals surface area contributed by atoms with Gasteiger partial charge in [-0.25, -0.2) is 4.98 Å². The number of ether oxygens (including phenoxy) is 3. The number of fused-ring (bicyclic) bond motifs is 1. The fourth-order valence-electron chi connectivity index (χ4n) is 2.36. The topological polar surface area (TPSA) is 69.7 Å². The summed E-state index contributed by atoms with van der Waals surface area (Å²) < 4.78 is 17.0. The summed E-state index contributed by atoms with van der Waals surface area (Å²) in [6.45, 7) is 0.165. The number of para-hydroxylation sites is 1. The van der Waals surface area contributed by atoms with Crippen LogP contribution in [0.15, 0.2) is 36.4 Å². The van der Waals surface area contributed by atoms with E-state index in [1.807, 2.05) is 24.3 Å². The highest BCUT2D eigenvalue weighted by atomic mass is 35.5. The Morgan fingerprint density at radius 2 is 1.96 bits per heavy atom. The zero-order valence-corrected chi connectivity index (χ0v) is 15.8. The third-order valence-corrected chi connectivity index (χ3v) is 4.85. The summed E-state index contributed by atoms with van der Waals surface area (Å²) in [4.78, 5) is 16.6.